The highest BCUT2D eigenvalue weighted by atomic mass is 16.6. The molecule has 0 unspecified atom stereocenters. The topological polar surface area (TPSA) is 44.8 Å². The van der Waals surface area contributed by atoms with Gasteiger partial charge in [-0.15, -0.1) is 0 Å². The Bertz CT molecular complexity index is 347. The number of hydrogen-bond donors (Lipinski definition) is 0. The van der Waals surface area contributed by atoms with E-state index in [9.17, 15) is 4.79 Å². The lowest BCUT2D eigenvalue weighted by atomic mass is 10.0. The van der Waals surface area contributed by atoms with Crippen LogP contribution < -0.4 is 0 Å². The average Bonchev–Trinajstić information content (AvgIpc) is 2.77. The van der Waals surface area contributed by atoms with E-state index in [0.29, 0.717) is 19.6 Å². The third-order valence-electron chi connectivity index (χ3n) is 5.67. The van der Waals surface area contributed by atoms with E-state index in [1.165, 1.54) is 70.6 Å². The molecular formula is C27H54O4. The van der Waals surface area contributed by atoms with E-state index < -0.39 is 0 Å². The van der Waals surface area contributed by atoms with Gasteiger partial charge in [0.25, 0.3) is 0 Å². The van der Waals surface area contributed by atoms with Crippen LogP contribution in [0.3, 0.4) is 0 Å². The van der Waals surface area contributed by atoms with Crippen molar-refractivity contribution in [3.63, 3.8) is 0 Å². The van der Waals surface area contributed by atoms with Gasteiger partial charge in [-0.05, 0) is 19.3 Å². The second-order valence-electron chi connectivity index (χ2n) is 8.96. The third-order valence-corrected chi connectivity index (χ3v) is 5.67. The lowest BCUT2D eigenvalue weighted by Crippen LogP contribution is -2.29. The zero-order valence-electron chi connectivity index (χ0n) is 21.3. The van der Waals surface area contributed by atoms with Crippen molar-refractivity contribution in [3.05, 3.63) is 0 Å². The van der Waals surface area contributed by atoms with Gasteiger partial charge in [-0.1, -0.05) is 111 Å². The summed E-state index contributed by atoms with van der Waals surface area (Å²) in [6.45, 7) is 8.88. The predicted molar refractivity (Wildman–Crippen MR) is 132 cm³/mol. The Morgan fingerprint density at radius 1 is 0.548 bits per heavy atom. The van der Waals surface area contributed by atoms with Crippen LogP contribution in [-0.4, -0.2) is 38.5 Å². The van der Waals surface area contributed by atoms with Crippen molar-refractivity contribution < 1.29 is 19.0 Å². The van der Waals surface area contributed by atoms with Crippen LogP contribution in [0.5, 0.6) is 0 Å². The number of unbranched alkanes of at least 4 members (excludes halogenated alkanes) is 14. The monoisotopic (exact) mass is 442 g/mol. The van der Waals surface area contributed by atoms with E-state index in [1.54, 1.807) is 0 Å². The number of hydrogen-bond acceptors (Lipinski definition) is 4. The Hall–Kier alpha value is -0.610. The van der Waals surface area contributed by atoms with Crippen molar-refractivity contribution in [2.45, 2.75) is 142 Å². The molecule has 0 aromatic rings. The molecule has 0 fully saturated rings. The van der Waals surface area contributed by atoms with Gasteiger partial charge in [0.05, 0.1) is 13.2 Å². The third kappa shape index (κ3) is 23.9. The highest BCUT2D eigenvalue weighted by Crippen LogP contribution is 2.13. The Morgan fingerprint density at radius 2 is 0.935 bits per heavy atom. The predicted octanol–water partition coefficient (Wildman–Crippen LogP) is 8.01. The highest BCUT2D eigenvalue weighted by molar-refractivity contribution is 5.69. The molecule has 0 saturated heterocycles. The fraction of sp³-hybridized carbons (Fsp3) is 0.963. The number of ether oxygens (including phenoxy) is 3. The summed E-state index contributed by atoms with van der Waals surface area (Å²) in [6.07, 6.45) is 21.6. The second kappa shape index (κ2) is 25.6. The van der Waals surface area contributed by atoms with Gasteiger partial charge in [0, 0.05) is 19.6 Å². The summed E-state index contributed by atoms with van der Waals surface area (Å²) in [5.74, 6) is -0.105. The van der Waals surface area contributed by atoms with E-state index in [1.807, 2.05) is 0 Å². The fourth-order valence-corrected chi connectivity index (χ4v) is 3.57. The molecule has 31 heavy (non-hydrogen) atoms. The van der Waals surface area contributed by atoms with Crippen molar-refractivity contribution in [2.24, 2.45) is 0 Å². The smallest absolute Gasteiger partial charge is 0.306 e. The summed E-state index contributed by atoms with van der Waals surface area (Å²) in [4.78, 5) is 12.2. The summed E-state index contributed by atoms with van der Waals surface area (Å²) in [6, 6.07) is 0. The molecule has 0 bridgehead atoms. The van der Waals surface area contributed by atoms with Crippen LogP contribution in [0, 0.1) is 0 Å². The molecule has 4 heteroatoms. The molecule has 0 aliphatic heterocycles. The highest BCUT2D eigenvalue weighted by Gasteiger charge is 2.15. The van der Waals surface area contributed by atoms with Gasteiger partial charge in [0.2, 0.25) is 0 Å². The molecule has 186 valence electrons. The van der Waals surface area contributed by atoms with E-state index in [2.05, 4.69) is 20.8 Å². The Morgan fingerprint density at radius 3 is 1.35 bits per heavy atom. The maximum atomic E-state index is 12.2. The summed E-state index contributed by atoms with van der Waals surface area (Å²) >= 11 is 0. The lowest BCUT2D eigenvalue weighted by Gasteiger charge is -2.18. The summed E-state index contributed by atoms with van der Waals surface area (Å²) in [5.41, 5.74) is 0. The zero-order chi connectivity index (χ0) is 22.8. The van der Waals surface area contributed by atoms with Crippen LogP contribution >= 0.6 is 0 Å². The molecular weight excluding hydrogens is 388 g/mol. The second-order valence-corrected chi connectivity index (χ2v) is 8.96. The summed E-state index contributed by atoms with van der Waals surface area (Å²) in [7, 11) is 0. The van der Waals surface area contributed by atoms with Crippen molar-refractivity contribution in [3.8, 4) is 0 Å². The molecule has 0 atom stereocenters. The maximum Gasteiger partial charge on any atom is 0.306 e. The number of carbonyl (C=O) groups is 1. The number of esters is 1. The molecule has 0 aromatic carbocycles. The molecule has 0 spiro atoms. The van der Waals surface area contributed by atoms with Gasteiger partial charge in [-0.25, -0.2) is 0 Å². The first kappa shape index (κ1) is 30.4. The summed E-state index contributed by atoms with van der Waals surface area (Å²) < 4.78 is 16.9. The van der Waals surface area contributed by atoms with E-state index >= 15 is 0 Å². The number of rotatable bonds is 25. The molecule has 0 N–H and O–H groups in total. The maximum absolute atomic E-state index is 12.2. The Kier molecular flexibility index (Phi) is 25.1. The van der Waals surface area contributed by atoms with Gasteiger partial charge in [-0.2, -0.15) is 0 Å². The minimum Gasteiger partial charge on any atom is -0.457 e. The van der Waals surface area contributed by atoms with E-state index in [0.717, 1.165) is 51.7 Å². The van der Waals surface area contributed by atoms with Crippen LogP contribution in [0.15, 0.2) is 0 Å². The fourth-order valence-electron chi connectivity index (χ4n) is 3.57. The quantitative estimate of drug-likeness (QED) is 0.106. The van der Waals surface area contributed by atoms with Gasteiger partial charge in [0.1, 0.15) is 6.10 Å². The van der Waals surface area contributed by atoms with Crippen LogP contribution in [0.25, 0.3) is 0 Å². The summed E-state index contributed by atoms with van der Waals surface area (Å²) in [5, 5.41) is 0. The SMILES string of the molecule is CCCCCCCCCCCCCCCC(=O)OC(COCCCC)COCCCC. The van der Waals surface area contributed by atoms with Gasteiger partial charge in [0.15, 0.2) is 0 Å². The first-order chi connectivity index (χ1) is 15.2. The minimum absolute atomic E-state index is 0.105. The van der Waals surface area contributed by atoms with Crippen LogP contribution in [0.4, 0.5) is 0 Å². The molecule has 4 nitrogen and oxygen atoms in total. The van der Waals surface area contributed by atoms with E-state index in [4.69, 9.17) is 14.2 Å². The van der Waals surface area contributed by atoms with Crippen LogP contribution in [-0.2, 0) is 19.0 Å². The molecule has 0 aromatic heterocycles. The first-order valence-corrected chi connectivity index (χ1v) is 13.6. The molecule has 0 aliphatic carbocycles. The normalized spacial score (nSPS) is 11.4. The minimum atomic E-state index is -0.275. The van der Waals surface area contributed by atoms with Crippen molar-refractivity contribution in [1.29, 1.82) is 0 Å². The Balaban J connectivity index is 3.67. The van der Waals surface area contributed by atoms with Gasteiger partial charge in [-0.3, -0.25) is 4.79 Å². The van der Waals surface area contributed by atoms with Crippen LogP contribution in [0.1, 0.15) is 136 Å². The molecule has 0 radical (unpaired) electrons. The van der Waals surface area contributed by atoms with Crippen molar-refractivity contribution in [2.75, 3.05) is 26.4 Å². The number of carbonyl (C=O) groups excluding carboxylic acids is 1. The first-order valence-electron chi connectivity index (χ1n) is 13.6. The average molecular weight is 443 g/mol. The molecule has 0 aliphatic rings. The molecule has 0 saturated carbocycles. The van der Waals surface area contributed by atoms with E-state index in [-0.39, 0.29) is 12.1 Å². The largest absolute Gasteiger partial charge is 0.457 e. The van der Waals surface area contributed by atoms with Crippen LogP contribution in [0.2, 0.25) is 0 Å². The van der Waals surface area contributed by atoms with Gasteiger partial charge >= 0.3 is 5.97 Å². The zero-order valence-corrected chi connectivity index (χ0v) is 21.3. The standard InChI is InChI=1S/C27H54O4/c1-4-7-10-11-12-13-14-15-16-17-18-19-20-21-27(28)31-26(24-29-22-8-5-2)25-30-23-9-6-3/h26H,4-25H2,1-3H3. The molecule has 0 heterocycles. The molecule has 0 amide bonds. The lowest BCUT2D eigenvalue weighted by molar-refractivity contribution is -0.156. The van der Waals surface area contributed by atoms with Crippen molar-refractivity contribution in [1.82, 2.24) is 0 Å². The van der Waals surface area contributed by atoms with Crippen molar-refractivity contribution >= 4 is 5.97 Å². The Labute approximate surface area is 194 Å². The van der Waals surface area contributed by atoms with Gasteiger partial charge < -0.3 is 14.2 Å². The molecule has 0 rings (SSSR count).